The SMILES string of the molecule is O=C(O)NCc1ccc(Br)c(Br)c1. The lowest BCUT2D eigenvalue weighted by atomic mass is 10.2. The molecule has 2 N–H and O–H groups in total. The second kappa shape index (κ2) is 4.62. The van der Waals surface area contributed by atoms with Crippen LogP contribution in [-0.2, 0) is 6.54 Å². The van der Waals surface area contributed by atoms with Crippen molar-refractivity contribution in [2.24, 2.45) is 0 Å². The van der Waals surface area contributed by atoms with Crippen LogP contribution >= 0.6 is 31.9 Å². The van der Waals surface area contributed by atoms with Crippen molar-refractivity contribution in [3.05, 3.63) is 32.7 Å². The Morgan fingerprint density at radius 1 is 1.38 bits per heavy atom. The van der Waals surface area contributed by atoms with Gasteiger partial charge in [0, 0.05) is 15.5 Å². The Labute approximate surface area is 92.4 Å². The van der Waals surface area contributed by atoms with Gasteiger partial charge in [-0.25, -0.2) is 4.79 Å². The molecule has 0 atom stereocenters. The summed E-state index contributed by atoms with van der Waals surface area (Å²) < 4.78 is 1.86. The molecule has 1 aromatic carbocycles. The number of halogens is 2. The van der Waals surface area contributed by atoms with Crippen molar-refractivity contribution >= 4 is 38.0 Å². The van der Waals surface area contributed by atoms with Gasteiger partial charge >= 0.3 is 6.09 Å². The average molecular weight is 309 g/mol. The molecule has 0 fully saturated rings. The Kier molecular flexibility index (Phi) is 3.74. The highest BCUT2D eigenvalue weighted by Crippen LogP contribution is 2.23. The summed E-state index contributed by atoms with van der Waals surface area (Å²) >= 11 is 6.66. The number of carbonyl (C=O) groups is 1. The summed E-state index contributed by atoms with van der Waals surface area (Å²) in [5.74, 6) is 0. The summed E-state index contributed by atoms with van der Waals surface area (Å²) in [7, 11) is 0. The fraction of sp³-hybridized carbons (Fsp3) is 0.125. The normalized spacial score (nSPS) is 9.69. The van der Waals surface area contributed by atoms with Gasteiger partial charge in [-0.15, -0.1) is 0 Å². The van der Waals surface area contributed by atoms with Crippen LogP contribution in [0.2, 0.25) is 0 Å². The molecule has 0 saturated heterocycles. The topological polar surface area (TPSA) is 49.3 Å². The third-order valence-electron chi connectivity index (χ3n) is 1.43. The number of nitrogens with one attached hydrogen (secondary N) is 1. The van der Waals surface area contributed by atoms with Gasteiger partial charge < -0.3 is 10.4 Å². The van der Waals surface area contributed by atoms with Crippen LogP contribution < -0.4 is 5.32 Å². The smallest absolute Gasteiger partial charge is 0.404 e. The van der Waals surface area contributed by atoms with Gasteiger partial charge in [0.1, 0.15) is 0 Å². The molecule has 0 aliphatic carbocycles. The van der Waals surface area contributed by atoms with E-state index in [1.54, 1.807) is 0 Å². The maximum Gasteiger partial charge on any atom is 0.404 e. The van der Waals surface area contributed by atoms with Crippen LogP contribution in [0.5, 0.6) is 0 Å². The first-order chi connectivity index (χ1) is 6.09. The van der Waals surface area contributed by atoms with Crippen molar-refractivity contribution in [3.63, 3.8) is 0 Å². The standard InChI is InChI=1S/C8H7Br2NO2/c9-6-2-1-5(3-7(6)10)4-11-8(12)13/h1-3,11H,4H2,(H,12,13). The number of hydrogen-bond donors (Lipinski definition) is 2. The van der Waals surface area contributed by atoms with Gasteiger partial charge in [0.2, 0.25) is 0 Å². The Bertz CT molecular complexity index is 328. The van der Waals surface area contributed by atoms with Crippen molar-refractivity contribution in [3.8, 4) is 0 Å². The summed E-state index contributed by atoms with van der Waals surface area (Å²) in [5, 5.41) is 10.7. The maximum absolute atomic E-state index is 10.2. The van der Waals surface area contributed by atoms with Gasteiger partial charge in [0.25, 0.3) is 0 Å². The van der Waals surface area contributed by atoms with Gasteiger partial charge in [0.15, 0.2) is 0 Å². The predicted molar refractivity (Wildman–Crippen MR) is 56.7 cm³/mol. The first-order valence-corrected chi connectivity index (χ1v) is 5.09. The molecule has 3 nitrogen and oxygen atoms in total. The van der Waals surface area contributed by atoms with Gasteiger partial charge in [-0.05, 0) is 49.6 Å². The molecule has 0 unspecified atom stereocenters. The van der Waals surface area contributed by atoms with Gasteiger partial charge in [-0.2, -0.15) is 0 Å². The minimum atomic E-state index is -1.01. The van der Waals surface area contributed by atoms with E-state index in [9.17, 15) is 4.79 Å². The van der Waals surface area contributed by atoms with Crippen LogP contribution in [0.3, 0.4) is 0 Å². The summed E-state index contributed by atoms with van der Waals surface area (Å²) in [4.78, 5) is 10.2. The zero-order valence-electron chi connectivity index (χ0n) is 6.55. The van der Waals surface area contributed by atoms with Crippen molar-refractivity contribution in [1.82, 2.24) is 5.32 Å². The summed E-state index contributed by atoms with van der Waals surface area (Å²) in [5.41, 5.74) is 0.914. The Morgan fingerprint density at radius 2 is 2.08 bits per heavy atom. The molecule has 0 spiro atoms. The van der Waals surface area contributed by atoms with Crippen molar-refractivity contribution in [2.75, 3.05) is 0 Å². The van der Waals surface area contributed by atoms with E-state index in [0.717, 1.165) is 14.5 Å². The van der Waals surface area contributed by atoms with Crippen molar-refractivity contribution < 1.29 is 9.90 Å². The van der Waals surface area contributed by atoms with Crippen LogP contribution in [-0.4, -0.2) is 11.2 Å². The Balaban J connectivity index is 2.68. The monoisotopic (exact) mass is 307 g/mol. The fourth-order valence-electron chi connectivity index (χ4n) is 0.827. The fourth-order valence-corrected chi connectivity index (χ4v) is 1.50. The zero-order chi connectivity index (χ0) is 9.84. The number of rotatable bonds is 2. The highest BCUT2D eigenvalue weighted by atomic mass is 79.9. The molecule has 0 heterocycles. The third-order valence-corrected chi connectivity index (χ3v) is 3.31. The second-order valence-corrected chi connectivity index (χ2v) is 4.12. The number of benzene rings is 1. The molecular weight excluding hydrogens is 302 g/mol. The van der Waals surface area contributed by atoms with E-state index in [2.05, 4.69) is 37.2 Å². The van der Waals surface area contributed by atoms with E-state index in [-0.39, 0.29) is 0 Å². The molecule has 0 saturated carbocycles. The molecule has 0 aliphatic rings. The van der Waals surface area contributed by atoms with E-state index in [1.165, 1.54) is 0 Å². The summed E-state index contributed by atoms with van der Waals surface area (Å²) in [6, 6.07) is 5.58. The summed E-state index contributed by atoms with van der Waals surface area (Å²) in [6.07, 6.45) is -1.01. The molecule has 0 aliphatic heterocycles. The summed E-state index contributed by atoms with van der Waals surface area (Å²) in [6.45, 7) is 0.321. The highest BCUT2D eigenvalue weighted by molar-refractivity contribution is 9.13. The quantitative estimate of drug-likeness (QED) is 0.882. The van der Waals surface area contributed by atoms with Gasteiger partial charge in [-0.3, -0.25) is 0 Å². The lowest BCUT2D eigenvalue weighted by molar-refractivity contribution is 0.194. The molecule has 70 valence electrons. The molecule has 1 amide bonds. The Hall–Kier alpha value is -0.550. The van der Waals surface area contributed by atoms with E-state index < -0.39 is 6.09 Å². The lowest BCUT2D eigenvalue weighted by Crippen LogP contribution is -2.19. The molecule has 13 heavy (non-hydrogen) atoms. The van der Waals surface area contributed by atoms with Crippen LogP contribution in [0.25, 0.3) is 0 Å². The van der Waals surface area contributed by atoms with Gasteiger partial charge in [0.05, 0.1) is 0 Å². The minimum absolute atomic E-state index is 0.321. The third kappa shape index (κ3) is 3.36. The Morgan fingerprint density at radius 3 is 2.62 bits per heavy atom. The minimum Gasteiger partial charge on any atom is -0.465 e. The van der Waals surface area contributed by atoms with E-state index in [1.807, 2.05) is 18.2 Å². The van der Waals surface area contributed by atoms with Gasteiger partial charge in [-0.1, -0.05) is 6.07 Å². The largest absolute Gasteiger partial charge is 0.465 e. The molecule has 0 bridgehead atoms. The molecule has 0 radical (unpaired) electrons. The maximum atomic E-state index is 10.2. The molecule has 1 rings (SSSR count). The van der Waals surface area contributed by atoms with E-state index >= 15 is 0 Å². The number of hydrogen-bond acceptors (Lipinski definition) is 1. The number of carboxylic acid groups (broad SMARTS) is 1. The van der Waals surface area contributed by atoms with Crippen LogP contribution in [0.1, 0.15) is 5.56 Å². The van der Waals surface area contributed by atoms with Crippen LogP contribution in [0, 0.1) is 0 Å². The lowest BCUT2D eigenvalue weighted by Gasteiger charge is -2.02. The average Bonchev–Trinajstić information content (AvgIpc) is 2.07. The second-order valence-electron chi connectivity index (χ2n) is 2.41. The van der Waals surface area contributed by atoms with Crippen LogP contribution in [0.15, 0.2) is 27.1 Å². The zero-order valence-corrected chi connectivity index (χ0v) is 9.72. The predicted octanol–water partition coefficient (Wildman–Crippen LogP) is 2.98. The molecule has 5 heteroatoms. The highest BCUT2D eigenvalue weighted by Gasteiger charge is 1.99. The molecule has 1 aromatic rings. The van der Waals surface area contributed by atoms with Crippen LogP contribution in [0.4, 0.5) is 4.79 Å². The van der Waals surface area contributed by atoms with E-state index in [4.69, 9.17) is 5.11 Å². The first-order valence-electron chi connectivity index (χ1n) is 3.50. The molecular formula is C8H7Br2NO2. The molecule has 0 aromatic heterocycles. The number of amides is 1. The van der Waals surface area contributed by atoms with Crippen molar-refractivity contribution in [2.45, 2.75) is 6.54 Å². The van der Waals surface area contributed by atoms with E-state index in [0.29, 0.717) is 6.54 Å². The van der Waals surface area contributed by atoms with Crippen molar-refractivity contribution in [1.29, 1.82) is 0 Å². The first kappa shape index (κ1) is 10.5.